The van der Waals surface area contributed by atoms with Crippen LogP contribution in [0, 0.1) is 17.3 Å². The minimum Gasteiger partial charge on any atom is -0.409 e. The maximum atomic E-state index is 13.3. The number of nitrogens with one attached hydrogen (secondary N) is 2. The van der Waals surface area contributed by atoms with Gasteiger partial charge in [-0.05, 0) is 28.5 Å². The summed E-state index contributed by atoms with van der Waals surface area (Å²) >= 11 is 5.73. The Bertz CT molecular complexity index is 933. The van der Waals surface area contributed by atoms with E-state index in [1.165, 1.54) is 12.1 Å². The maximum absolute atomic E-state index is 13.3. The quantitative estimate of drug-likeness (QED) is 0.195. The van der Waals surface area contributed by atoms with Gasteiger partial charge in [0.2, 0.25) is 23.8 Å². The van der Waals surface area contributed by atoms with Gasteiger partial charge in [0.15, 0.2) is 5.69 Å². The third-order valence-corrected chi connectivity index (χ3v) is 4.00. The lowest BCUT2D eigenvalue weighted by Crippen LogP contribution is -2.59. The van der Waals surface area contributed by atoms with Crippen molar-refractivity contribution in [2.75, 3.05) is 23.7 Å². The number of hydrogen-bond donors (Lipinski definition) is 4. The average Bonchev–Trinajstić information content (AvgIpc) is 3.07. The first-order valence-electron chi connectivity index (χ1n) is 7.52. The number of aromatic nitrogens is 2. The van der Waals surface area contributed by atoms with Crippen molar-refractivity contribution < 1.29 is 14.2 Å². The van der Waals surface area contributed by atoms with Crippen molar-refractivity contribution in [1.29, 1.82) is 5.26 Å². The molecule has 1 saturated heterocycles. The maximum Gasteiger partial charge on any atom is 0.209 e. The third-order valence-electron chi connectivity index (χ3n) is 3.71. The minimum atomic E-state index is -0.580. The highest BCUT2D eigenvalue weighted by Gasteiger charge is 2.30. The monoisotopic (exact) mass is 393 g/mol. The van der Waals surface area contributed by atoms with Crippen molar-refractivity contribution in [1.82, 2.24) is 15.2 Å². The summed E-state index contributed by atoms with van der Waals surface area (Å²) in [6, 6.07) is 3.83. The van der Waals surface area contributed by atoms with Gasteiger partial charge in [0.1, 0.15) is 5.82 Å². The van der Waals surface area contributed by atoms with Crippen LogP contribution in [0.25, 0.3) is 0 Å². The number of oxime groups is 1. The summed E-state index contributed by atoms with van der Waals surface area (Å²) in [7, 11) is 0. The number of amidine groups is 1. The van der Waals surface area contributed by atoms with Crippen molar-refractivity contribution in [2.24, 2.45) is 15.9 Å². The lowest BCUT2D eigenvalue weighted by atomic mass is 10.1. The van der Waals surface area contributed by atoms with Crippen LogP contribution in [0.3, 0.4) is 0 Å². The fourth-order valence-corrected chi connectivity index (χ4v) is 2.53. The molecular formula is C14H13ClFN9O2. The second-order valence-corrected chi connectivity index (χ2v) is 5.89. The van der Waals surface area contributed by atoms with Crippen LogP contribution in [-0.2, 0) is 0 Å². The van der Waals surface area contributed by atoms with Gasteiger partial charge in [0.25, 0.3) is 0 Å². The molecule has 13 heteroatoms. The van der Waals surface area contributed by atoms with Crippen LogP contribution in [0.15, 0.2) is 33.0 Å². The number of anilines is 2. The lowest BCUT2D eigenvalue weighted by molar-refractivity contribution is 0.264. The van der Waals surface area contributed by atoms with E-state index >= 15 is 0 Å². The van der Waals surface area contributed by atoms with E-state index in [2.05, 4.69) is 31.1 Å². The predicted octanol–water partition coefficient (Wildman–Crippen LogP) is 1.00. The zero-order valence-corrected chi connectivity index (χ0v) is 14.4. The van der Waals surface area contributed by atoms with Crippen LogP contribution in [0.2, 0.25) is 5.02 Å². The van der Waals surface area contributed by atoms with Crippen molar-refractivity contribution in [3.05, 3.63) is 34.7 Å². The first kappa shape index (κ1) is 18.2. The van der Waals surface area contributed by atoms with E-state index in [1.807, 2.05) is 0 Å². The summed E-state index contributed by atoms with van der Waals surface area (Å²) < 4.78 is 18.0. The molecule has 0 aliphatic carbocycles. The van der Waals surface area contributed by atoms with Gasteiger partial charge in [-0.1, -0.05) is 16.8 Å². The zero-order chi connectivity index (χ0) is 19.4. The second kappa shape index (κ2) is 7.75. The molecule has 11 nitrogen and oxygen atoms in total. The molecule has 5 N–H and O–H groups in total. The molecule has 1 aromatic heterocycles. The van der Waals surface area contributed by atoms with Crippen LogP contribution in [-0.4, -0.2) is 51.3 Å². The van der Waals surface area contributed by atoms with E-state index in [0.29, 0.717) is 18.8 Å². The number of guanidine groups is 1. The Morgan fingerprint density at radius 3 is 2.93 bits per heavy atom. The minimum absolute atomic E-state index is 0.0664. The SMILES string of the molecule is N#CN=C(N)N1CC(Nc2nonc2C(=NO)Nc2ccc(F)c(Cl)c2)C1. The number of halogens is 2. The molecule has 1 aliphatic rings. The molecule has 0 radical (unpaired) electrons. The number of nitriles is 1. The first-order chi connectivity index (χ1) is 13.0. The predicted molar refractivity (Wildman–Crippen MR) is 93.9 cm³/mol. The molecule has 1 aliphatic heterocycles. The number of hydrogen-bond acceptors (Lipinski definition) is 8. The fourth-order valence-electron chi connectivity index (χ4n) is 2.35. The molecule has 1 fully saturated rings. The van der Waals surface area contributed by atoms with Crippen molar-refractivity contribution >= 4 is 34.9 Å². The van der Waals surface area contributed by atoms with E-state index in [0.717, 1.165) is 6.07 Å². The largest absolute Gasteiger partial charge is 0.409 e. The Morgan fingerprint density at radius 1 is 1.48 bits per heavy atom. The molecule has 0 unspecified atom stereocenters. The van der Waals surface area contributed by atoms with Gasteiger partial charge in [-0.25, -0.2) is 9.02 Å². The molecule has 140 valence electrons. The molecule has 0 spiro atoms. The third kappa shape index (κ3) is 3.98. The number of nitrogens with two attached hydrogens (primary N) is 1. The Labute approximate surface area is 156 Å². The zero-order valence-electron chi connectivity index (χ0n) is 13.6. The summed E-state index contributed by atoms with van der Waals surface area (Å²) in [6.07, 6.45) is 1.62. The number of benzene rings is 1. The van der Waals surface area contributed by atoms with E-state index in [9.17, 15) is 9.60 Å². The highest BCUT2D eigenvalue weighted by Crippen LogP contribution is 2.22. The molecule has 0 atom stereocenters. The van der Waals surface area contributed by atoms with Gasteiger partial charge in [-0.2, -0.15) is 5.26 Å². The highest BCUT2D eigenvalue weighted by molar-refractivity contribution is 6.31. The molecule has 0 amide bonds. The molecular weight excluding hydrogens is 381 g/mol. The van der Waals surface area contributed by atoms with Gasteiger partial charge in [0, 0.05) is 18.8 Å². The molecule has 0 saturated carbocycles. The second-order valence-electron chi connectivity index (χ2n) is 5.48. The van der Waals surface area contributed by atoms with Gasteiger partial charge < -0.3 is 26.5 Å². The van der Waals surface area contributed by atoms with Gasteiger partial charge in [-0.3, -0.25) is 0 Å². The van der Waals surface area contributed by atoms with E-state index < -0.39 is 5.82 Å². The standard InChI is InChI=1S/C14H13ClFN9O2/c15-9-3-7(1-2-10(9)16)20-12(22-26)11-13(24-27-23-11)21-8-4-25(5-8)14(18)19-6-17/h1-3,8,26H,4-5H2,(H2,18,19)(H,20,22)(H,21,24). The van der Waals surface area contributed by atoms with Gasteiger partial charge in [-0.15, -0.1) is 4.99 Å². The van der Waals surface area contributed by atoms with Gasteiger partial charge in [0.05, 0.1) is 11.1 Å². The van der Waals surface area contributed by atoms with Crippen LogP contribution in [0.5, 0.6) is 0 Å². The van der Waals surface area contributed by atoms with Crippen LogP contribution >= 0.6 is 11.6 Å². The Hall–Kier alpha value is -3.59. The van der Waals surface area contributed by atoms with E-state index in [-0.39, 0.29) is 34.4 Å². The molecule has 1 aromatic carbocycles. The van der Waals surface area contributed by atoms with Crippen LogP contribution < -0.4 is 16.4 Å². The lowest BCUT2D eigenvalue weighted by Gasteiger charge is -2.39. The highest BCUT2D eigenvalue weighted by atomic mass is 35.5. The first-order valence-corrected chi connectivity index (χ1v) is 7.90. The normalized spacial score (nSPS) is 15.2. The summed E-state index contributed by atoms with van der Waals surface area (Å²) in [5, 5.41) is 34.1. The summed E-state index contributed by atoms with van der Waals surface area (Å²) in [6.45, 7) is 0.964. The molecule has 2 aromatic rings. The van der Waals surface area contributed by atoms with Crippen LogP contribution in [0.1, 0.15) is 5.69 Å². The summed E-state index contributed by atoms with van der Waals surface area (Å²) in [4.78, 5) is 5.14. The summed E-state index contributed by atoms with van der Waals surface area (Å²) in [5.41, 5.74) is 6.09. The van der Waals surface area contributed by atoms with Crippen molar-refractivity contribution in [3.8, 4) is 6.19 Å². The topological polar surface area (TPSA) is 161 Å². The molecule has 27 heavy (non-hydrogen) atoms. The average molecular weight is 394 g/mol. The Kier molecular flexibility index (Phi) is 5.23. The molecule has 0 bridgehead atoms. The molecule has 2 heterocycles. The Balaban J connectivity index is 1.68. The number of nitrogens with zero attached hydrogens (tertiary/aromatic N) is 6. The van der Waals surface area contributed by atoms with Crippen molar-refractivity contribution in [2.45, 2.75) is 6.04 Å². The molecule has 3 rings (SSSR count). The van der Waals surface area contributed by atoms with Gasteiger partial charge >= 0.3 is 0 Å². The fraction of sp³-hybridized carbons (Fsp3) is 0.214. The summed E-state index contributed by atoms with van der Waals surface area (Å²) in [5.74, 6) is -0.308. The van der Waals surface area contributed by atoms with E-state index in [4.69, 9.17) is 27.2 Å². The Morgan fingerprint density at radius 2 is 2.26 bits per heavy atom. The number of likely N-dealkylation sites (tertiary alicyclic amines) is 1. The number of rotatable bonds is 4. The smallest absolute Gasteiger partial charge is 0.209 e. The van der Waals surface area contributed by atoms with Crippen molar-refractivity contribution in [3.63, 3.8) is 0 Å². The van der Waals surface area contributed by atoms with Crippen LogP contribution in [0.4, 0.5) is 15.9 Å². The number of aliphatic imine (C=N–C) groups is 1. The van der Waals surface area contributed by atoms with E-state index in [1.54, 1.807) is 11.1 Å².